The minimum atomic E-state index is -0.938. The topological polar surface area (TPSA) is 95.5 Å². The molecule has 0 aromatic heterocycles. The van der Waals surface area contributed by atoms with E-state index in [-0.39, 0.29) is 11.8 Å². The second-order valence-electron chi connectivity index (χ2n) is 7.01. The minimum Gasteiger partial charge on any atom is -0.481 e. The molecule has 1 aromatic rings. The van der Waals surface area contributed by atoms with Crippen molar-refractivity contribution in [1.82, 2.24) is 0 Å². The van der Waals surface area contributed by atoms with Crippen LogP contribution in [0.25, 0.3) is 0 Å². The maximum Gasteiger partial charge on any atom is 0.307 e. The molecule has 1 saturated carbocycles. The number of nitrogens with one attached hydrogen (secondary N) is 2. The molecule has 2 amide bonds. The number of aryl methyl sites for hydroxylation is 1. The lowest BCUT2D eigenvalue weighted by Crippen LogP contribution is -2.28. The first kappa shape index (κ1) is 17.0. The maximum absolute atomic E-state index is 12.1. The molecule has 1 aromatic carbocycles. The quantitative estimate of drug-likeness (QED) is 0.795. The number of rotatable bonds is 4. The summed E-state index contributed by atoms with van der Waals surface area (Å²) in [4.78, 5) is 34.9. The molecule has 0 heterocycles. The Morgan fingerprint density at radius 2 is 1.78 bits per heavy atom. The molecule has 124 valence electrons. The van der Waals surface area contributed by atoms with E-state index in [1.54, 1.807) is 18.2 Å². The van der Waals surface area contributed by atoms with Gasteiger partial charge in [-0.2, -0.15) is 0 Å². The van der Waals surface area contributed by atoms with E-state index in [4.69, 9.17) is 5.11 Å². The third kappa shape index (κ3) is 4.09. The Balaban J connectivity index is 2.07. The minimum absolute atomic E-state index is 0.114. The van der Waals surface area contributed by atoms with Crippen LogP contribution in [0, 0.1) is 24.2 Å². The van der Waals surface area contributed by atoms with Crippen LogP contribution in [-0.4, -0.2) is 22.9 Å². The maximum atomic E-state index is 12.1. The van der Waals surface area contributed by atoms with Gasteiger partial charge in [-0.3, -0.25) is 14.4 Å². The van der Waals surface area contributed by atoms with Crippen LogP contribution in [0.3, 0.4) is 0 Å². The van der Waals surface area contributed by atoms with Gasteiger partial charge in [0.05, 0.1) is 11.8 Å². The van der Waals surface area contributed by atoms with Crippen LogP contribution >= 0.6 is 0 Å². The lowest BCUT2D eigenvalue weighted by atomic mass is 9.95. The van der Waals surface area contributed by atoms with Gasteiger partial charge >= 0.3 is 5.97 Å². The lowest BCUT2D eigenvalue weighted by molar-refractivity contribution is -0.139. The van der Waals surface area contributed by atoms with Crippen LogP contribution < -0.4 is 10.6 Å². The zero-order chi connectivity index (χ0) is 17.4. The Morgan fingerprint density at radius 1 is 1.13 bits per heavy atom. The summed E-state index contributed by atoms with van der Waals surface area (Å²) in [5.74, 6) is -2.40. The van der Waals surface area contributed by atoms with Gasteiger partial charge in [-0.15, -0.1) is 0 Å². The van der Waals surface area contributed by atoms with Crippen molar-refractivity contribution in [3.05, 3.63) is 23.8 Å². The predicted octanol–water partition coefficient (Wildman–Crippen LogP) is 2.64. The normalized spacial score (nSPS) is 19.8. The molecule has 0 saturated heterocycles. The second kappa shape index (κ2) is 6.02. The first-order valence-corrected chi connectivity index (χ1v) is 7.55. The van der Waals surface area contributed by atoms with Crippen LogP contribution in [0.15, 0.2) is 18.2 Å². The standard InChI is InChI=1S/C17H22N2O4/c1-9-5-6-10(7-13(9)19-16(23)17(2,3)4)18-14(20)11-8-12(11)15(21)22/h5-7,11-12H,8H2,1-4H3,(H,18,20)(H,19,23)(H,21,22)/t11-,12-/m0/s1. The molecule has 2 atom stereocenters. The van der Waals surface area contributed by atoms with Crippen molar-refractivity contribution < 1.29 is 19.5 Å². The monoisotopic (exact) mass is 318 g/mol. The Bertz CT molecular complexity index is 661. The van der Waals surface area contributed by atoms with Crippen LogP contribution in [0.1, 0.15) is 32.8 Å². The smallest absolute Gasteiger partial charge is 0.307 e. The number of hydrogen-bond acceptors (Lipinski definition) is 3. The van der Waals surface area contributed by atoms with Gasteiger partial charge in [-0.25, -0.2) is 0 Å². The molecule has 1 fully saturated rings. The van der Waals surface area contributed by atoms with Gasteiger partial charge in [0.1, 0.15) is 0 Å². The van der Waals surface area contributed by atoms with Gasteiger partial charge in [0.2, 0.25) is 11.8 Å². The summed E-state index contributed by atoms with van der Waals surface area (Å²) in [6.45, 7) is 7.33. The Hall–Kier alpha value is -2.37. The van der Waals surface area contributed by atoms with Crippen molar-refractivity contribution in [2.75, 3.05) is 10.6 Å². The average Bonchev–Trinajstić information content (AvgIpc) is 3.22. The molecule has 0 bridgehead atoms. The molecule has 2 rings (SSSR count). The molecular weight excluding hydrogens is 296 g/mol. The fraction of sp³-hybridized carbons (Fsp3) is 0.471. The van der Waals surface area contributed by atoms with Gasteiger partial charge in [0.25, 0.3) is 0 Å². The first-order chi connectivity index (χ1) is 10.6. The van der Waals surface area contributed by atoms with E-state index in [0.29, 0.717) is 17.8 Å². The van der Waals surface area contributed by atoms with Crippen molar-refractivity contribution in [2.45, 2.75) is 34.1 Å². The molecule has 0 spiro atoms. The van der Waals surface area contributed by atoms with Crippen LogP contribution in [0.2, 0.25) is 0 Å². The largest absolute Gasteiger partial charge is 0.481 e. The van der Waals surface area contributed by atoms with E-state index in [1.165, 1.54) is 0 Å². The third-order valence-electron chi connectivity index (χ3n) is 3.88. The average molecular weight is 318 g/mol. The highest BCUT2D eigenvalue weighted by Gasteiger charge is 2.48. The Kier molecular flexibility index (Phi) is 4.45. The van der Waals surface area contributed by atoms with E-state index < -0.39 is 23.2 Å². The van der Waals surface area contributed by atoms with Crippen LogP contribution in [-0.2, 0) is 14.4 Å². The van der Waals surface area contributed by atoms with E-state index in [2.05, 4.69) is 10.6 Å². The van der Waals surface area contributed by atoms with Gasteiger partial charge in [-0.1, -0.05) is 26.8 Å². The van der Waals surface area contributed by atoms with Crippen LogP contribution in [0.4, 0.5) is 11.4 Å². The van der Waals surface area contributed by atoms with Crippen molar-refractivity contribution >= 4 is 29.2 Å². The van der Waals surface area contributed by atoms with E-state index >= 15 is 0 Å². The fourth-order valence-corrected chi connectivity index (χ4v) is 2.14. The van der Waals surface area contributed by atoms with Crippen molar-refractivity contribution in [1.29, 1.82) is 0 Å². The summed E-state index contributed by atoms with van der Waals surface area (Å²) >= 11 is 0. The number of carbonyl (C=O) groups is 3. The summed E-state index contributed by atoms with van der Waals surface area (Å²) < 4.78 is 0. The molecule has 6 nitrogen and oxygen atoms in total. The molecule has 0 radical (unpaired) electrons. The predicted molar refractivity (Wildman–Crippen MR) is 87.1 cm³/mol. The molecule has 1 aliphatic carbocycles. The summed E-state index contributed by atoms with van der Waals surface area (Å²) in [6, 6.07) is 5.22. The Morgan fingerprint density at radius 3 is 2.30 bits per heavy atom. The molecule has 23 heavy (non-hydrogen) atoms. The Labute approximate surface area is 135 Å². The number of carboxylic acids is 1. The molecule has 0 aliphatic heterocycles. The number of carbonyl (C=O) groups excluding carboxylic acids is 2. The summed E-state index contributed by atoms with van der Waals surface area (Å²) in [5.41, 5.74) is 1.54. The van der Waals surface area contributed by atoms with Gasteiger partial charge in [0, 0.05) is 16.8 Å². The first-order valence-electron chi connectivity index (χ1n) is 7.55. The van der Waals surface area contributed by atoms with E-state index in [1.807, 2.05) is 27.7 Å². The van der Waals surface area contributed by atoms with Crippen molar-refractivity contribution in [2.24, 2.45) is 17.3 Å². The number of aliphatic carboxylic acids is 1. The van der Waals surface area contributed by atoms with E-state index in [0.717, 1.165) is 5.56 Å². The fourth-order valence-electron chi connectivity index (χ4n) is 2.14. The molecule has 0 unspecified atom stereocenters. The number of amides is 2. The van der Waals surface area contributed by atoms with Crippen LogP contribution in [0.5, 0.6) is 0 Å². The SMILES string of the molecule is Cc1ccc(NC(=O)[C@H]2C[C@@H]2C(=O)O)cc1NC(=O)C(C)(C)C. The number of hydrogen-bond donors (Lipinski definition) is 3. The lowest BCUT2D eigenvalue weighted by Gasteiger charge is -2.19. The molecule has 6 heteroatoms. The summed E-state index contributed by atoms with van der Waals surface area (Å²) in [7, 11) is 0. The zero-order valence-electron chi connectivity index (χ0n) is 13.8. The van der Waals surface area contributed by atoms with Gasteiger partial charge in [-0.05, 0) is 31.0 Å². The van der Waals surface area contributed by atoms with E-state index in [9.17, 15) is 14.4 Å². The number of carboxylic acid groups (broad SMARTS) is 1. The molecule has 1 aliphatic rings. The third-order valence-corrected chi connectivity index (χ3v) is 3.88. The summed E-state index contributed by atoms with van der Waals surface area (Å²) in [5, 5.41) is 14.4. The van der Waals surface area contributed by atoms with Crippen molar-refractivity contribution in [3.8, 4) is 0 Å². The summed E-state index contributed by atoms with van der Waals surface area (Å²) in [6.07, 6.45) is 0.376. The highest BCUT2D eigenvalue weighted by molar-refractivity contribution is 6.00. The molecule has 3 N–H and O–H groups in total. The zero-order valence-corrected chi connectivity index (χ0v) is 13.8. The molecular formula is C17H22N2O4. The second-order valence-corrected chi connectivity index (χ2v) is 7.01. The highest BCUT2D eigenvalue weighted by atomic mass is 16.4. The highest BCUT2D eigenvalue weighted by Crippen LogP contribution is 2.39. The number of anilines is 2. The van der Waals surface area contributed by atoms with Crippen molar-refractivity contribution in [3.63, 3.8) is 0 Å². The number of benzene rings is 1. The van der Waals surface area contributed by atoms with Gasteiger partial charge < -0.3 is 15.7 Å². The van der Waals surface area contributed by atoms with Gasteiger partial charge in [0.15, 0.2) is 0 Å².